The molecular weight excluding hydrogens is 298 g/mol. The van der Waals surface area contributed by atoms with Crippen LogP contribution in [0.3, 0.4) is 0 Å². The molecule has 0 atom stereocenters. The van der Waals surface area contributed by atoms with Crippen LogP contribution >= 0.6 is 22.9 Å². The van der Waals surface area contributed by atoms with Crippen LogP contribution in [0.5, 0.6) is 0 Å². The molecule has 0 radical (unpaired) electrons. The van der Waals surface area contributed by atoms with E-state index in [1.54, 1.807) is 16.3 Å². The Morgan fingerprint density at radius 2 is 1.94 bits per heavy atom. The molecule has 1 aromatic rings. The van der Waals surface area contributed by atoms with Gasteiger partial charge in [-0.05, 0) is 11.4 Å². The molecule has 18 heavy (non-hydrogen) atoms. The van der Waals surface area contributed by atoms with Gasteiger partial charge in [-0.15, -0.1) is 11.3 Å². The molecule has 0 aromatic carbocycles. The Hall–Kier alpha value is -0.670. The number of halogens is 1. The van der Waals surface area contributed by atoms with E-state index < -0.39 is 10.2 Å². The van der Waals surface area contributed by atoms with Crippen LogP contribution in [-0.4, -0.2) is 49.7 Å². The van der Waals surface area contributed by atoms with E-state index in [-0.39, 0.29) is 19.0 Å². The van der Waals surface area contributed by atoms with Crippen molar-refractivity contribution in [2.45, 2.75) is 0 Å². The molecule has 2 N–H and O–H groups in total. The summed E-state index contributed by atoms with van der Waals surface area (Å²) in [6, 6.07) is 1.67. The Bertz CT molecular complexity index is 549. The second kappa shape index (κ2) is 5.14. The zero-order valence-electron chi connectivity index (χ0n) is 9.37. The lowest BCUT2D eigenvalue weighted by Gasteiger charge is -2.32. The third-order valence-corrected chi connectivity index (χ3v) is 5.11. The van der Waals surface area contributed by atoms with Gasteiger partial charge in [0.15, 0.2) is 0 Å². The maximum absolute atomic E-state index is 12.1. The molecule has 1 amide bonds. The van der Waals surface area contributed by atoms with Crippen molar-refractivity contribution >= 4 is 39.1 Å². The molecule has 2 heterocycles. The normalized spacial score (nSPS) is 18.0. The van der Waals surface area contributed by atoms with Gasteiger partial charge in [0.05, 0.1) is 5.02 Å². The van der Waals surface area contributed by atoms with Crippen LogP contribution in [0.15, 0.2) is 11.4 Å². The fourth-order valence-electron chi connectivity index (χ4n) is 1.74. The van der Waals surface area contributed by atoms with Crippen LogP contribution in [0.1, 0.15) is 9.67 Å². The third-order valence-electron chi connectivity index (χ3n) is 2.70. The maximum Gasteiger partial charge on any atom is 0.277 e. The van der Waals surface area contributed by atoms with Crippen LogP contribution in [0.2, 0.25) is 5.02 Å². The number of carbonyl (C=O) groups excluding carboxylic acids is 1. The van der Waals surface area contributed by atoms with Crippen molar-refractivity contribution in [1.82, 2.24) is 9.21 Å². The summed E-state index contributed by atoms with van der Waals surface area (Å²) in [6.45, 7) is 1.08. The standard InChI is InChI=1S/C9H12ClN3O3S2/c10-7-1-6-17-8(7)9(14)12-2-4-13(5-3-12)18(11,15)16/h1,6H,2-5H2,(H2,11,15,16). The Labute approximate surface area is 114 Å². The Balaban J connectivity index is 2.03. The average molecular weight is 310 g/mol. The van der Waals surface area contributed by atoms with Crippen molar-refractivity contribution in [3.8, 4) is 0 Å². The van der Waals surface area contributed by atoms with E-state index in [2.05, 4.69) is 0 Å². The van der Waals surface area contributed by atoms with Crippen LogP contribution in [0.25, 0.3) is 0 Å². The summed E-state index contributed by atoms with van der Waals surface area (Å²) in [5, 5.41) is 7.20. The van der Waals surface area contributed by atoms with E-state index in [0.29, 0.717) is 23.0 Å². The first kappa shape index (κ1) is 13.8. The highest BCUT2D eigenvalue weighted by molar-refractivity contribution is 7.86. The molecule has 0 unspecified atom stereocenters. The Kier molecular flexibility index (Phi) is 3.93. The lowest BCUT2D eigenvalue weighted by Crippen LogP contribution is -2.52. The number of carbonyl (C=O) groups is 1. The second-order valence-corrected chi connectivity index (χ2v) is 6.70. The van der Waals surface area contributed by atoms with Crippen molar-refractivity contribution in [2.24, 2.45) is 5.14 Å². The fraction of sp³-hybridized carbons (Fsp3) is 0.444. The predicted octanol–water partition coefficient (Wildman–Crippen LogP) is 0.363. The van der Waals surface area contributed by atoms with Crippen molar-refractivity contribution in [2.75, 3.05) is 26.2 Å². The van der Waals surface area contributed by atoms with E-state index in [1.807, 2.05) is 0 Å². The minimum Gasteiger partial charge on any atom is -0.335 e. The number of thiophene rings is 1. The third kappa shape index (κ3) is 2.83. The maximum atomic E-state index is 12.1. The van der Waals surface area contributed by atoms with Gasteiger partial charge in [-0.25, -0.2) is 5.14 Å². The van der Waals surface area contributed by atoms with Crippen molar-refractivity contribution < 1.29 is 13.2 Å². The summed E-state index contributed by atoms with van der Waals surface area (Å²) in [5.74, 6) is -0.163. The molecular formula is C9H12ClN3O3S2. The highest BCUT2D eigenvalue weighted by atomic mass is 35.5. The van der Waals surface area contributed by atoms with E-state index in [9.17, 15) is 13.2 Å². The number of rotatable bonds is 2. The summed E-state index contributed by atoms with van der Waals surface area (Å²) in [6.07, 6.45) is 0. The largest absolute Gasteiger partial charge is 0.335 e. The van der Waals surface area contributed by atoms with Gasteiger partial charge in [0.2, 0.25) is 0 Å². The number of nitrogens with two attached hydrogens (primary N) is 1. The van der Waals surface area contributed by atoms with E-state index >= 15 is 0 Å². The number of nitrogens with zero attached hydrogens (tertiary/aromatic N) is 2. The van der Waals surface area contributed by atoms with Gasteiger partial charge >= 0.3 is 0 Å². The van der Waals surface area contributed by atoms with Crippen molar-refractivity contribution in [1.29, 1.82) is 0 Å². The van der Waals surface area contributed by atoms with Crippen molar-refractivity contribution in [3.05, 3.63) is 21.3 Å². The Morgan fingerprint density at radius 3 is 2.39 bits per heavy atom. The molecule has 6 nitrogen and oxygen atoms in total. The molecule has 1 aromatic heterocycles. The SMILES string of the molecule is NS(=O)(=O)N1CCN(C(=O)c2sccc2Cl)CC1. The minimum absolute atomic E-state index is 0.163. The smallest absolute Gasteiger partial charge is 0.277 e. The molecule has 1 fully saturated rings. The lowest BCUT2D eigenvalue weighted by atomic mass is 10.3. The molecule has 1 aliphatic rings. The van der Waals surface area contributed by atoms with Gasteiger partial charge in [0, 0.05) is 26.2 Å². The highest BCUT2D eigenvalue weighted by Crippen LogP contribution is 2.24. The van der Waals surface area contributed by atoms with Crippen LogP contribution in [-0.2, 0) is 10.2 Å². The number of hydrogen-bond donors (Lipinski definition) is 1. The van der Waals surface area contributed by atoms with Gasteiger partial charge in [-0.2, -0.15) is 12.7 Å². The van der Waals surface area contributed by atoms with Crippen LogP contribution in [0.4, 0.5) is 0 Å². The Morgan fingerprint density at radius 1 is 1.33 bits per heavy atom. The first-order chi connectivity index (χ1) is 8.39. The van der Waals surface area contributed by atoms with Gasteiger partial charge in [0.25, 0.3) is 16.1 Å². The zero-order chi connectivity index (χ0) is 13.3. The predicted molar refractivity (Wildman–Crippen MR) is 69.9 cm³/mol. The molecule has 2 rings (SSSR count). The summed E-state index contributed by atoms with van der Waals surface area (Å²) in [5.41, 5.74) is 0. The number of piperazine rings is 1. The van der Waals surface area contributed by atoms with E-state index in [4.69, 9.17) is 16.7 Å². The van der Waals surface area contributed by atoms with Crippen molar-refractivity contribution in [3.63, 3.8) is 0 Å². The molecule has 0 bridgehead atoms. The molecule has 100 valence electrons. The molecule has 0 saturated carbocycles. The van der Waals surface area contributed by atoms with Crippen LogP contribution < -0.4 is 5.14 Å². The monoisotopic (exact) mass is 309 g/mol. The van der Waals surface area contributed by atoms with E-state index in [0.717, 1.165) is 4.31 Å². The average Bonchev–Trinajstić information content (AvgIpc) is 2.73. The van der Waals surface area contributed by atoms with Crippen LogP contribution in [0, 0.1) is 0 Å². The van der Waals surface area contributed by atoms with Gasteiger partial charge in [-0.3, -0.25) is 4.79 Å². The first-order valence-corrected chi connectivity index (χ1v) is 7.96. The summed E-state index contributed by atoms with van der Waals surface area (Å²) in [4.78, 5) is 14.2. The van der Waals surface area contributed by atoms with E-state index in [1.165, 1.54) is 11.3 Å². The molecule has 1 saturated heterocycles. The summed E-state index contributed by atoms with van der Waals surface area (Å²) >= 11 is 7.17. The molecule has 1 aliphatic heterocycles. The fourth-order valence-corrected chi connectivity index (χ4v) is 3.51. The molecule has 9 heteroatoms. The topological polar surface area (TPSA) is 83.7 Å². The quantitative estimate of drug-likeness (QED) is 0.856. The number of hydrogen-bond acceptors (Lipinski definition) is 4. The zero-order valence-corrected chi connectivity index (χ0v) is 11.8. The molecule has 0 spiro atoms. The molecule has 0 aliphatic carbocycles. The summed E-state index contributed by atoms with van der Waals surface area (Å²) in [7, 11) is -3.67. The van der Waals surface area contributed by atoms with Gasteiger partial charge in [0.1, 0.15) is 4.88 Å². The minimum atomic E-state index is -3.67. The summed E-state index contributed by atoms with van der Waals surface area (Å²) < 4.78 is 23.4. The van der Waals surface area contributed by atoms with Gasteiger partial charge < -0.3 is 4.90 Å². The number of amides is 1. The lowest BCUT2D eigenvalue weighted by molar-refractivity contribution is 0.0703. The first-order valence-electron chi connectivity index (χ1n) is 5.20. The van der Waals surface area contributed by atoms with Gasteiger partial charge in [-0.1, -0.05) is 11.6 Å². The second-order valence-electron chi connectivity index (χ2n) is 3.83. The highest BCUT2D eigenvalue weighted by Gasteiger charge is 2.28.